The minimum atomic E-state index is -3.98. The first-order valence-electron chi connectivity index (χ1n) is 7.84. The monoisotopic (exact) mass is 410 g/mol. The Morgan fingerprint density at radius 1 is 0.846 bits per heavy atom. The lowest BCUT2D eigenvalue weighted by atomic mass is 10.2. The molecule has 1 aliphatic rings. The topological polar surface area (TPSA) is 83.9 Å². The molecule has 1 heterocycles. The van der Waals surface area contributed by atoms with Crippen LogP contribution in [0.2, 0.25) is 0 Å². The van der Waals surface area contributed by atoms with E-state index in [2.05, 4.69) is 4.40 Å². The molecule has 0 aliphatic carbocycles. The lowest BCUT2D eigenvalue weighted by Gasteiger charge is -2.18. The number of benzene rings is 2. The van der Waals surface area contributed by atoms with Crippen LogP contribution in [0.15, 0.2) is 62.7 Å². The summed E-state index contributed by atoms with van der Waals surface area (Å²) >= 11 is 1.12. The summed E-state index contributed by atoms with van der Waals surface area (Å²) in [5.74, 6) is 0.452. The molecule has 2 aromatic rings. The van der Waals surface area contributed by atoms with Gasteiger partial charge < -0.3 is 0 Å². The van der Waals surface area contributed by atoms with Crippen LogP contribution in [0.3, 0.4) is 0 Å². The zero-order chi connectivity index (χ0) is 18.9. The van der Waals surface area contributed by atoms with Gasteiger partial charge in [0.05, 0.1) is 9.79 Å². The first-order valence-corrected chi connectivity index (χ1v) is 11.7. The highest BCUT2D eigenvalue weighted by Gasteiger charge is 2.33. The molecule has 0 amide bonds. The van der Waals surface area contributed by atoms with Gasteiger partial charge in [-0.2, -0.15) is 8.42 Å². The van der Waals surface area contributed by atoms with E-state index in [1.807, 2.05) is 13.8 Å². The second-order valence-electron chi connectivity index (χ2n) is 5.90. The summed E-state index contributed by atoms with van der Waals surface area (Å²) in [6.45, 7) is 3.90. The second kappa shape index (κ2) is 7.05. The van der Waals surface area contributed by atoms with Crippen molar-refractivity contribution in [1.29, 1.82) is 0 Å². The molecule has 0 radical (unpaired) electrons. The highest BCUT2D eigenvalue weighted by Crippen LogP contribution is 2.28. The number of sulfonamides is 2. The summed E-state index contributed by atoms with van der Waals surface area (Å²) in [5, 5.41) is -0.0221. The standard InChI is InChI=1S/C17H18N2O4S3/c1-13-3-7-15(8-4-13)25(20,21)18-17-19(11-12-24-17)26(22,23)16-9-5-14(2)6-10-16/h3-10H,11-12H2,1-2H3. The predicted molar refractivity (Wildman–Crippen MR) is 103 cm³/mol. The average Bonchev–Trinajstić information content (AvgIpc) is 3.04. The first-order chi connectivity index (χ1) is 12.2. The number of hydrogen-bond acceptors (Lipinski definition) is 5. The van der Waals surface area contributed by atoms with Crippen molar-refractivity contribution in [3.05, 3.63) is 59.7 Å². The molecule has 0 aromatic heterocycles. The summed E-state index contributed by atoms with van der Waals surface area (Å²) in [5.41, 5.74) is 1.87. The molecule has 0 saturated carbocycles. The van der Waals surface area contributed by atoms with Gasteiger partial charge in [-0.05, 0) is 38.1 Å². The molecule has 0 bridgehead atoms. The number of aryl methyl sites for hydroxylation is 2. The van der Waals surface area contributed by atoms with E-state index >= 15 is 0 Å². The largest absolute Gasteiger partial charge is 0.284 e. The van der Waals surface area contributed by atoms with Crippen molar-refractivity contribution in [3.8, 4) is 0 Å². The Hall–Kier alpha value is -1.84. The molecule has 6 nitrogen and oxygen atoms in total. The molecule has 0 unspecified atom stereocenters. The molecular formula is C17H18N2O4S3. The van der Waals surface area contributed by atoms with Gasteiger partial charge in [0, 0.05) is 12.3 Å². The van der Waals surface area contributed by atoms with Gasteiger partial charge in [0.2, 0.25) is 0 Å². The van der Waals surface area contributed by atoms with Crippen molar-refractivity contribution < 1.29 is 16.8 Å². The predicted octanol–water partition coefficient (Wildman–Crippen LogP) is 2.79. The fourth-order valence-electron chi connectivity index (χ4n) is 2.39. The maximum Gasteiger partial charge on any atom is 0.284 e. The lowest BCUT2D eigenvalue weighted by Crippen LogP contribution is -2.32. The van der Waals surface area contributed by atoms with Gasteiger partial charge in [0.15, 0.2) is 5.17 Å². The summed E-state index contributed by atoms with van der Waals surface area (Å²) < 4.78 is 55.6. The van der Waals surface area contributed by atoms with Crippen LogP contribution in [0.5, 0.6) is 0 Å². The Balaban J connectivity index is 1.98. The molecule has 3 rings (SSSR count). The molecular weight excluding hydrogens is 392 g/mol. The molecule has 0 N–H and O–H groups in total. The van der Waals surface area contributed by atoms with Crippen molar-refractivity contribution in [2.75, 3.05) is 12.3 Å². The van der Waals surface area contributed by atoms with Gasteiger partial charge in [0.25, 0.3) is 20.0 Å². The van der Waals surface area contributed by atoms with Crippen molar-refractivity contribution >= 4 is 37.0 Å². The van der Waals surface area contributed by atoms with Gasteiger partial charge in [-0.1, -0.05) is 47.2 Å². The van der Waals surface area contributed by atoms with Crippen LogP contribution in [0.1, 0.15) is 11.1 Å². The molecule has 9 heteroatoms. The SMILES string of the molecule is Cc1ccc(S(=O)(=O)N=C2SCCN2S(=O)(=O)c2ccc(C)cc2)cc1. The molecule has 1 fully saturated rings. The molecule has 2 aromatic carbocycles. The number of rotatable bonds is 4. The number of nitrogens with zero attached hydrogens (tertiary/aromatic N) is 2. The van der Waals surface area contributed by atoms with E-state index in [0.29, 0.717) is 5.75 Å². The Morgan fingerprint density at radius 2 is 1.35 bits per heavy atom. The van der Waals surface area contributed by atoms with Crippen LogP contribution < -0.4 is 0 Å². The van der Waals surface area contributed by atoms with E-state index in [1.54, 1.807) is 24.3 Å². The van der Waals surface area contributed by atoms with Crippen LogP contribution >= 0.6 is 11.8 Å². The number of thioether (sulfide) groups is 1. The van der Waals surface area contributed by atoms with E-state index in [1.165, 1.54) is 24.3 Å². The van der Waals surface area contributed by atoms with Crippen molar-refractivity contribution in [2.24, 2.45) is 4.40 Å². The molecule has 0 spiro atoms. The minimum Gasteiger partial charge on any atom is -0.243 e. The average molecular weight is 411 g/mol. The highest BCUT2D eigenvalue weighted by atomic mass is 32.2. The quantitative estimate of drug-likeness (QED) is 0.774. The minimum absolute atomic E-state index is 0.0221. The lowest BCUT2D eigenvalue weighted by molar-refractivity contribution is 0.540. The third-order valence-corrected chi connectivity index (χ3v) is 8.14. The Morgan fingerprint density at radius 3 is 1.88 bits per heavy atom. The zero-order valence-corrected chi connectivity index (χ0v) is 16.7. The van der Waals surface area contributed by atoms with Gasteiger partial charge in [-0.15, -0.1) is 4.40 Å². The van der Waals surface area contributed by atoms with Crippen LogP contribution in [0, 0.1) is 13.8 Å². The maximum atomic E-state index is 12.9. The van der Waals surface area contributed by atoms with Crippen LogP contribution in [0.4, 0.5) is 0 Å². The van der Waals surface area contributed by atoms with Gasteiger partial charge in [-0.3, -0.25) is 0 Å². The summed E-state index contributed by atoms with van der Waals surface area (Å²) in [6, 6.07) is 12.7. The molecule has 0 atom stereocenters. The van der Waals surface area contributed by atoms with Crippen LogP contribution in [-0.2, 0) is 20.0 Å². The molecule has 1 aliphatic heterocycles. The molecule has 1 saturated heterocycles. The fourth-order valence-corrected chi connectivity index (χ4v) is 6.40. The second-order valence-corrected chi connectivity index (χ2v) is 10.4. The molecule has 138 valence electrons. The number of amidine groups is 1. The van der Waals surface area contributed by atoms with Crippen molar-refractivity contribution in [3.63, 3.8) is 0 Å². The van der Waals surface area contributed by atoms with Gasteiger partial charge >= 0.3 is 0 Å². The Bertz CT molecular complexity index is 1040. The van der Waals surface area contributed by atoms with Crippen molar-refractivity contribution in [2.45, 2.75) is 23.6 Å². The summed E-state index contributed by atoms with van der Waals surface area (Å²) in [4.78, 5) is 0.154. The zero-order valence-electron chi connectivity index (χ0n) is 14.3. The van der Waals surface area contributed by atoms with E-state index in [0.717, 1.165) is 27.2 Å². The van der Waals surface area contributed by atoms with Crippen LogP contribution in [0.25, 0.3) is 0 Å². The maximum absolute atomic E-state index is 12.9. The Labute approximate surface area is 158 Å². The normalized spacial score (nSPS) is 17.0. The van der Waals surface area contributed by atoms with E-state index in [-0.39, 0.29) is 21.5 Å². The van der Waals surface area contributed by atoms with E-state index in [4.69, 9.17) is 0 Å². The third kappa shape index (κ3) is 3.79. The number of hydrogen-bond donors (Lipinski definition) is 0. The van der Waals surface area contributed by atoms with E-state index < -0.39 is 20.0 Å². The third-order valence-electron chi connectivity index (χ3n) is 3.86. The highest BCUT2D eigenvalue weighted by molar-refractivity contribution is 8.16. The van der Waals surface area contributed by atoms with Crippen LogP contribution in [-0.4, -0.2) is 38.6 Å². The van der Waals surface area contributed by atoms with Gasteiger partial charge in [0.1, 0.15) is 0 Å². The van der Waals surface area contributed by atoms with E-state index in [9.17, 15) is 16.8 Å². The smallest absolute Gasteiger partial charge is 0.243 e. The summed E-state index contributed by atoms with van der Waals surface area (Å²) in [7, 11) is -7.83. The fraction of sp³-hybridized carbons (Fsp3) is 0.235. The first kappa shape index (κ1) is 18.9. The summed E-state index contributed by atoms with van der Waals surface area (Å²) in [6.07, 6.45) is 0. The van der Waals surface area contributed by atoms with Gasteiger partial charge in [-0.25, -0.2) is 12.7 Å². The molecule has 26 heavy (non-hydrogen) atoms. The Kier molecular flexibility index (Phi) is 5.14. The van der Waals surface area contributed by atoms with Crippen molar-refractivity contribution in [1.82, 2.24) is 4.31 Å².